The van der Waals surface area contributed by atoms with Crippen molar-refractivity contribution in [2.45, 2.75) is 38.8 Å². The van der Waals surface area contributed by atoms with E-state index < -0.39 is 0 Å². The highest BCUT2D eigenvalue weighted by Crippen LogP contribution is 2.12. The summed E-state index contributed by atoms with van der Waals surface area (Å²) < 4.78 is 11.0. The van der Waals surface area contributed by atoms with E-state index in [0.717, 1.165) is 5.69 Å². The second-order valence-corrected chi connectivity index (χ2v) is 5.05. The lowest BCUT2D eigenvalue weighted by molar-refractivity contribution is -0.0632. The molecule has 0 saturated carbocycles. The van der Waals surface area contributed by atoms with E-state index in [-0.39, 0.29) is 23.6 Å². The van der Waals surface area contributed by atoms with E-state index in [4.69, 9.17) is 9.47 Å². The zero-order chi connectivity index (χ0) is 15.2. The Morgan fingerprint density at radius 1 is 1.48 bits per heavy atom. The van der Waals surface area contributed by atoms with Crippen molar-refractivity contribution in [2.24, 2.45) is 0 Å². The van der Waals surface area contributed by atoms with Crippen molar-refractivity contribution < 1.29 is 14.3 Å². The first-order valence-electron chi connectivity index (χ1n) is 7.37. The van der Waals surface area contributed by atoms with Gasteiger partial charge in [-0.3, -0.25) is 9.59 Å². The fourth-order valence-corrected chi connectivity index (χ4v) is 2.43. The first-order valence-corrected chi connectivity index (χ1v) is 7.37. The topological polar surface area (TPSA) is 80.4 Å². The standard InChI is InChI=1S/C15H22N2O4/c1-3-11-7-10(8-14(18)16-11)15(19)17-12-5-6-20-9-13(12)21-4-2/h7-8,12-13H,3-6,9H2,1-2H3,(H,16,18)(H,17,19)/t12-,13-/m1/s1. The van der Waals surface area contributed by atoms with Crippen LogP contribution in [0.2, 0.25) is 0 Å². The van der Waals surface area contributed by atoms with E-state index in [1.165, 1.54) is 6.07 Å². The largest absolute Gasteiger partial charge is 0.379 e. The minimum Gasteiger partial charge on any atom is -0.379 e. The summed E-state index contributed by atoms with van der Waals surface area (Å²) in [5.74, 6) is -0.243. The van der Waals surface area contributed by atoms with Crippen molar-refractivity contribution in [3.8, 4) is 0 Å². The van der Waals surface area contributed by atoms with Gasteiger partial charge in [-0.2, -0.15) is 0 Å². The van der Waals surface area contributed by atoms with Gasteiger partial charge in [-0.25, -0.2) is 0 Å². The van der Waals surface area contributed by atoms with Crippen molar-refractivity contribution >= 4 is 5.91 Å². The molecule has 1 fully saturated rings. The summed E-state index contributed by atoms with van der Waals surface area (Å²) in [6, 6.07) is 2.95. The van der Waals surface area contributed by atoms with E-state index in [9.17, 15) is 9.59 Å². The van der Waals surface area contributed by atoms with Crippen LogP contribution in [0, 0.1) is 0 Å². The third-order valence-electron chi connectivity index (χ3n) is 3.54. The summed E-state index contributed by atoms with van der Waals surface area (Å²) in [6.07, 6.45) is 1.25. The molecule has 1 aromatic rings. The lowest BCUT2D eigenvalue weighted by Crippen LogP contribution is -2.50. The summed E-state index contributed by atoms with van der Waals surface area (Å²) >= 11 is 0. The van der Waals surface area contributed by atoms with E-state index in [0.29, 0.717) is 38.2 Å². The molecule has 1 amide bonds. The second-order valence-electron chi connectivity index (χ2n) is 5.05. The van der Waals surface area contributed by atoms with Crippen LogP contribution in [0.5, 0.6) is 0 Å². The molecule has 1 saturated heterocycles. The Hall–Kier alpha value is -1.66. The maximum Gasteiger partial charge on any atom is 0.251 e. The van der Waals surface area contributed by atoms with Gasteiger partial charge in [0.15, 0.2) is 0 Å². The molecule has 6 heteroatoms. The van der Waals surface area contributed by atoms with Crippen LogP contribution in [0.25, 0.3) is 0 Å². The summed E-state index contributed by atoms with van der Waals surface area (Å²) in [5.41, 5.74) is 0.881. The van der Waals surface area contributed by atoms with Gasteiger partial charge >= 0.3 is 0 Å². The van der Waals surface area contributed by atoms with E-state index in [2.05, 4.69) is 10.3 Å². The van der Waals surface area contributed by atoms with Crippen molar-refractivity contribution in [1.29, 1.82) is 0 Å². The highest BCUT2D eigenvalue weighted by Gasteiger charge is 2.28. The van der Waals surface area contributed by atoms with Gasteiger partial charge in [0.2, 0.25) is 5.56 Å². The molecule has 0 unspecified atom stereocenters. The summed E-state index contributed by atoms with van der Waals surface area (Å²) in [5, 5.41) is 2.95. The van der Waals surface area contributed by atoms with Crippen LogP contribution in [0.1, 0.15) is 36.3 Å². The zero-order valence-electron chi connectivity index (χ0n) is 12.5. The number of nitrogens with one attached hydrogen (secondary N) is 2. The molecule has 1 aliphatic rings. The maximum absolute atomic E-state index is 12.3. The molecule has 2 atom stereocenters. The average Bonchev–Trinajstić information content (AvgIpc) is 2.48. The van der Waals surface area contributed by atoms with Gasteiger partial charge in [-0.05, 0) is 25.8 Å². The van der Waals surface area contributed by atoms with Crippen LogP contribution < -0.4 is 10.9 Å². The lowest BCUT2D eigenvalue weighted by atomic mass is 10.1. The monoisotopic (exact) mass is 294 g/mol. The number of ether oxygens (including phenoxy) is 2. The first kappa shape index (κ1) is 15.7. The Bertz CT molecular complexity index is 539. The smallest absolute Gasteiger partial charge is 0.251 e. The van der Waals surface area contributed by atoms with Gasteiger partial charge in [-0.1, -0.05) is 6.92 Å². The van der Waals surface area contributed by atoms with Crippen molar-refractivity contribution in [1.82, 2.24) is 10.3 Å². The molecule has 2 rings (SSSR count). The Morgan fingerprint density at radius 3 is 3.00 bits per heavy atom. The number of carbonyl (C=O) groups is 1. The molecular weight excluding hydrogens is 272 g/mol. The highest BCUT2D eigenvalue weighted by molar-refractivity contribution is 5.94. The molecular formula is C15H22N2O4. The molecule has 0 aromatic carbocycles. The zero-order valence-corrected chi connectivity index (χ0v) is 12.5. The van der Waals surface area contributed by atoms with Gasteiger partial charge in [0.25, 0.3) is 5.91 Å². The number of hydrogen-bond donors (Lipinski definition) is 2. The van der Waals surface area contributed by atoms with Crippen LogP contribution in [0.15, 0.2) is 16.9 Å². The van der Waals surface area contributed by atoms with Gasteiger partial charge in [0.1, 0.15) is 6.10 Å². The quantitative estimate of drug-likeness (QED) is 0.844. The first-order chi connectivity index (χ1) is 10.1. The lowest BCUT2D eigenvalue weighted by Gasteiger charge is -2.31. The minimum atomic E-state index is -0.257. The highest BCUT2D eigenvalue weighted by atomic mass is 16.5. The fraction of sp³-hybridized carbons (Fsp3) is 0.600. The molecule has 0 radical (unpaired) electrons. The molecule has 0 spiro atoms. The fourth-order valence-electron chi connectivity index (χ4n) is 2.43. The number of aromatic amines is 1. The second kappa shape index (κ2) is 7.38. The number of amides is 1. The number of aryl methyl sites for hydroxylation is 1. The number of carbonyl (C=O) groups excluding carboxylic acids is 1. The predicted molar refractivity (Wildman–Crippen MR) is 78.5 cm³/mol. The molecule has 116 valence electrons. The number of aromatic nitrogens is 1. The predicted octanol–water partition coefficient (Wildman–Crippen LogP) is 0.861. The van der Waals surface area contributed by atoms with Crippen LogP contribution in [0.3, 0.4) is 0 Å². The van der Waals surface area contributed by atoms with Gasteiger partial charge in [0, 0.05) is 30.5 Å². The molecule has 1 aromatic heterocycles. The Kier molecular flexibility index (Phi) is 5.52. The third-order valence-corrected chi connectivity index (χ3v) is 3.54. The molecule has 6 nitrogen and oxygen atoms in total. The van der Waals surface area contributed by atoms with E-state index >= 15 is 0 Å². The van der Waals surface area contributed by atoms with E-state index in [1.54, 1.807) is 6.07 Å². The van der Waals surface area contributed by atoms with Crippen LogP contribution in [-0.2, 0) is 15.9 Å². The summed E-state index contributed by atoms with van der Waals surface area (Å²) in [4.78, 5) is 26.6. The summed E-state index contributed by atoms with van der Waals surface area (Å²) in [7, 11) is 0. The average molecular weight is 294 g/mol. The maximum atomic E-state index is 12.3. The van der Waals surface area contributed by atoms with Gasteiger partial charge in [-0.15, -0.1) is 0 Å². The molecule has 2 heterocycles. The van der Waals surface area contributed by atoms with Crippen LogP contribution in [0.4, 0.5) is 0 Å². The Labute approximate surface area is 123 Å². The molecule has 21 heavy (non-hydrogen) atoms. The van der Waals surface area contributed by atoms with Crippen molar-refractivity contribution in [3.05, 3.63) is 33.7 Å². The van der Waals surface area contributed by atoms with Crippen LogP contribution in [-0.4, -0.2) is 42.9 Å². The number of rotatable bonds is 5. The van der Waals surface area contributed by atoms with E-state index in [1.807, 2.05) is 13.8 Å². The third kappa shape index (κ3) is 4.15. The normalized spacial score (nSPS) is 22.0. The summed E-state index contributed by atoms with van der Waals surface area (Å²) in [6.45, 7) is 5.50. The van der Waals surface area contributed by atoms with Crippen LogP contribution >= 0.6 is 0 Å². The number of H-pyrrole nitrogens is 1. The van der Waals surface area contributed by atoms with Gasteiger partial charge in [0.05, 0.1) is 12.6 Å². The molecule has 2 N–H and O–H groups in total. The number of pyridine rings is 1. The van der Waals surface area contributed by atoms with Crippen molar-refractivity contribution in [3.63, 3.8) is 0 Å². The van der Waals surface area contributed by atoms with Gasteiger partial charge < -0.3 is 19.8 Å². The SMILES string of the molecule is CCO[C@@H]1COCC[C@H]1NC(=O)c1cc(CC)[nH]c(=O)c1. The Morgan fingerprint density at radius 2 is 2.29 bits per heavy atom. The Balaban J connectivity index is 2.09. The molecule has 0 bridgehead atoms. The van der Waals surface area contributed by atoms with Crippen molar-refractivity contribution in [2.75, 3.05) is 19.8 Å². The molecule has 1 aliphatic heterocycles. The molecule has 0 aliphatic carbocycles. The minimum absolute atomic E-state index is 0.0874. The number of hydrogen-bond acceptors (Lipinski definition) is 4.